The van der Waals surface area contributed by atoms with Crippen molar-refractivity contribution < 1.29 is 9.47 Å². The number of anilines is 3. The first-order valence-corrected chi connectivity index (χ1v) is 7.29. The lowest BCUT2D eigenvalue weighted by Gasteiger charge is -2.13. The molecule has 0 amide bonds. The molecule has 0 bridgehead atoms. The van der Waals surface area contributed by atoms with Gasteiger partial charge >= 0.3 is 0 Å². The van der Waals surface area contributed by atoms with E-state index in [9.17, 15) is 0 Å². The summed E-state index contributed by atoms with van der Waals surface area (Å²) in [6.07, 6.45) is 2.41. The van der Waals surface area contributed by atoms with Crippen LogP contribution in [0, 0.1) is 6.92 Å². The van der Waals surface area contributed by atoms with Gasteiger partial charge in [-0.05, 0) is 31.9 Å². The molecule has 0 saturated heterocycles. The number of ether oxygens (including phenoxy) is 2. The smallest absolute Gasteiger partial charge is 0.229 e. The van der Waals surface area contributed by atoms with E-state index in [1.807, 2.05) is 31.2 Å². The third-order valence-electron chi connectivity index (χ3n) is 3.44. The summed E-state index contributed by atoms with van der Waals surface area (Å²) in [5.74, 6) is 2.82. The molecule has 22 heavy (non-hydrogen) atoms. The van der Waals surface area contributed by atoms with Gasteiger partial charge in [0, 0.05) is 23.9 Å². The van der Waals surface area contributed by atoms with E-state index in [4.69, 9.17) is 9.47 Å². The fourth-order valence-corrected chi connectivity index (χ4v) is 2.16. The highest BCUT2D eigenvalue weighted by Gasteiger charge is 2.21. The number of nitrogens with one attached hydrogen (secondary N) is 2. The SMILES string of the molecule is COc1ccc(Nc2nc(C)cc(NC3CC3)n2)c(OC)c1. The van der Waals surface area contributed by atoms with Gasteiger partial charge in [0.15, 0.2) is 0 Å². The van der Waals surface area contributed by atoms with Gasteiger partial charge in [0.25, 0.3) is 0 Å². The van der Waals surface area contributed by atoms with E-state index < -0.39 is 0 Å². The van der Waals surface area contributed by atoms with Gasteiger partial charge in [-0.25, -0.2) is 4.98 Å². The lowest BCUT2D eigenvalue weighted by molar-refractivity contribution is 0.395. The Kier molecular flexibility index (Phi) is 4.00. The summed E-state index contributed by atoms with van der Waals surface area (Å²) in [6, 6.07) is 8.08. The predicted octanol–water partition coefficient (Wildman–Crippen LogP) is 3.12. The number of rotatable bonds is 6. The van der Waals surface area contributed by atoms with Gasteiger partial charge in [0.05, 0.1) is 19.9 Å². The van der Waals surface area contributed by atoms with Crippen LogP contribution in [0.2, 0.25) is 0 Å². The molecular weight excluding hydrogens is 280 g/mol. The Morgan fingerprint density at radius 1 is 1.09 bits per heavy atom. The molecule has 0 radical (unpaired) electrons. The van der Waals surface area contributed by atoms with Crippen molar-refractivity contribution in [2.24, 2.45) is 0 Å². The molecule has 0 aliphatic heterocycles. The first kappa shape index (κ1) is 14.4. The van der Waals surface area contributed by atoms with Crippen molar-refractivity contribution in [3.63, 3.8) is 0 Å². The summed E-state index contributed by atoms with van der Waals surface area (Å²) in [5.41, 5.74) is 1.71. The van der Waals surface area contributed by atoms with E-state index in [1.54, 1.807) is 14.2 Å². The largest absolute Gasteiger partial charge is 0.497 e. The third kappa shape index (κ3) is 3.39. The topological polar surface area (TPSA) is 68.3 Å². The molecule has 6 nitrogen and oxygen atoms in total. The monoisotopic (exact) mass is 300 g/mol. The summed E-state index contributed by atoms with van der Waals surface area (Å²) < 4.78 is 10.6. The summed E-state index contributed by atoms with van der Waals surface area (Å²) in [6.45, 7) is 1.95. The third-order valence-corrected chi connectivity index (χ3v) is 3.44. The molecule has 1 aromatic carbocycles. The van der Waals surface area contributed by atoms with Gasteiger partial charge in [-0.2, -0.15) is 4.98 Å². The predicted molar refractivity (Wildman–Crippen MR) is 86.2 cm³/mol. The number of hydrogen-bond acceptors (Lipinski definition) is 6. The number of aromatic nitrogens is 2. The van der Waals surface area contributed by atoms with Gasteiger partial charge in [-0.3, -0.25) is 0 Å². The van der Waals surface area contributed by atoms with E-state index in [0.717, 1.165) is 22.9 Å². The van der Waals surface area contributed by atoms with Crippen LogP contribution in [-0.2, 0) is 0 Å². The maximum absolute atomic E-state index is 5.38. The standard InChI is InChI=1S/C16H20N4O2/c1-10-8-15(18-11-4-5-11)20-16(17-10)19-13-7-6-12(21-2)9-14(13)22-3/h6-9,11H,4-5H2,1-3H3,(H2,17,18,19,20). The van der Waals surface area contributed by atoms with Crippen LogP contribution >= 0.6 is 0 Å². The van der Waals surface area contributed by atoms with Gasteiger partial charge in [-0.15, -0.1) is 0 Å². The summed E-state index contributed by atoms with van der Waals surface area (Å²) in [7, 11) is 3.25. The van der Waals surface area contributed by atoms with E-state index in [-0.39, 0.29) is 0 Å². The lowest BCUT2D eigenvalue weighted by Crippen LogP contribution is -2.07. The molecule has 3 rings (SSSR count). The fraction of sp³-hybridized carbons (Fsp3) is 0.375. The molecule has 1 aromatic heterocycles. The maximum atomic E-state index is 5.38. The summed E-state index contributed by atoms with van der Waals surface area (Å²) >= 11 is 0. The van der Waals surface area contributed by atoms with E-state index in [0.29, 0.717) is 17.7 Å². The number of nitrogens with zero attached hydrogens (tertiary/aromatic N) is 2. The fourth-order valence-electron chi connectivity index (χ4n) is 2.16. The molecule has 1 aliphatic rings. The van der Waals surface area contributed by atoms with Crippen molar-refractivity contribution in [1.29, 1.82) is 0 Å². The normalized spacial score (nSPS) is 13.6. The number of aryl methyl sites for hydroxylation is 1. The Labute approximate surface area is 129 Å². The van der Waals surface area contributed by atoms with Crippen LogP contribution in [0.1, 0.15) is 18.5 Å². The van der Waals surface area contributed by atoms with Crippen LogP contribution < -0.4 is 20.1 Å². The average molecular weight is 300 g/mol. The minimum absolute atomic E-state index is 0.548. The first-order valence-electron chi connectivity index (χ1n) is 7.29. The molecule has 2 aromatic rings. The highest BCUT2D eigenvalue weighted by Crippen LogP contribution is 2.31. The first-order chi connectivity index (χ1) is 10.7. The van der Waals surface area contributed by atoms with Crippen LogP contribution in [0.25, 0.3) is 0 Å². The van der Waals surface area contributed by atoms with Crippen molar-refractivity contribution >= 4 is 17.5 Å². The minimum atomic E-state index is 0.548. The zero-order valence-electron chi connectivity index (χ0n) is 13.0. The highest BCUT2D eigenvalue weighted by atomic mass is 16.5. The lowest BCUT2D eigenvalue weighted by atomic mass is 10.2. The Bertz CT molecular complexity index is 671. The molecule has 0 atom stereocenters. The number of benzene rings is 1. The molecule has 1 saturated carbocycles. The van der Waals surface area contributed by atoms with Gasteiger partial charge in [-0.1, -0.05) is 0 Å². The second-order valence-electron chi connectivity index (χ2n) is 5.33. The second kappa shape index (κ2) is 6.09. The Hall–Kier alpha value is -2.50. The van der Waals surface area contributed by atoms with Crippen molar-refractivity contribution in [1.82, 2.24) is 9.97 Å². The van der Waals surface area contributed by atoms with Gasteiger partial charge in [0.2, 0.25) is 5.95 Å². The Morgan fingerprint density at radius 2 is 1.91 bits per heavy atom. The van der Waals surface area contributed by atoms with Crippen LogP contribution in [0.5, 0.6) is 11.5 Å². The van der Waals surface area contributed by atoms with Crippen molar-refractivity contribution in [2.45, 2.75) is 25.8 Å². The molecule has 0 spiro atoms. The Morgan fingerprint density at radius 3 is 2.59 bits per heavy atom. The zero-order chi connectivity index (χ0) is 15.5. The number of hydrogen-bond donors (Lipinski definition) is 2. The molecular formula is C16H20N4O2. The second-order valence-corrected chi connectivity index (χ2v) is 5.33. The minimum Gasteiger partial charge on any atom is -0.497 e. The Balaban J connectivity index is 1.84. The highest BCUT2D eigenvalue weighted by molar-refractivity contribution is 5.65. The van der Waals surface area contributed by atoms with Crippen LogP contribution in [-0.4, -0.2) is 30.2 Å². The van der Waals surface area contributed by atoms with Crippen molar-refractivity contribution in [3.05, 3.63) is 30.0 Å². The molecule has 1 aliphatic carbocycles. The molecule has 116 valence electrons. The van der Waals surface area contributed by atoms with Gasteiger partial charge < -0.3 is 20.1 Å². The van der Waals surface area contributed by atoms with E-state index in [2.05, 4.69) is 20.6 Å². The van der Waals surface area contributed by atoms with Crippen LogP contribution in [0.15, 0.2) is 24.3 Å². The van der Waals surface area contributed by atoms with Crippen LogP contribution in [0.3, 0.4) is 0 Å². The quantitative estimate of drug-likeness (QED) is 0.854. The van der Waals surface area contributed by atoms with Crippen molar-refractivity contribution in [2.75, 3.05) is 24.9 Å². The average Bonchev–Trinajstić information content (AvgIpc) is 3.31. The molecule has 1 fully saturated rings. The molecule has 6 heteroatoms. The van der Waals surface area contributed by atoms with E-state index in [1.165, 1.54) is 12.8 Å². The van der Waals surface area contributed by atoms with Crippen molar-refractivity contribution in [3.8, 4) is 11.5 Å². The summed E-state index contributed by atoms with van der Waals surface area (Å²) in [5, 5.41) is 6.59. The maximum Gasteiger partial charge on any atom is 0.229 e. The summed E-state index contributed by atoms with van der Waals surface area (Å²) in [4.78, 5) is 8.93. The molecule has 1 heterocycles. The zero-order valence-corrected chi connectivity index (χ0v) is 13.0. The molecule has 2 N–H and O–H groups in total. The number of methoxy groups -OCH3 is 2. The van der Waals surface area contributed by atoms with E-state index >= 15 is 0 Å². The molecule has 0 unspecified atom stereocenters. The van der Waals surface area contributed by atoms with Gasteiger partial charge in [0.1, 0.15) is 17.3 Å². The van der Waals surface area contributed by atoms with Crippen LogP contribution in [0.4, 0.5) is 17.5 Å².